The maximum Gasteiger partial charge on any atom is 0.248 e. The average Bonchev–Trinajstić information content (AvgIpc) is 2.47. The lowest BCUT2D eigenvalue weighted by molar-refractivity contribution is -0.118. The molecule has 2 aromatic rings. The van der Waals surface area contributed by atoms with Gasteiger partial charge in [-0.3, -0.25) is 14.6 Å². The van der Waals surface area contributed by atoms with Crippen LogP contribution in [0.2, 0.25) is 0 Å². The van der Waals surface area contributed by atoms with Crippen LogP contribution in [-0.2, 0) is 4.79 Å². The molecule has 6 heteroatoms. The normalized spacial score (nSPS) is 11.3. The first-order valence-corrected chi connectivity index (χ1v) is 7.78. The number of hydrogen-bond donors (Lipinski definition) is 1. The molecule has 120 valence electrons. The highest BCUT2D eigenvalue weighted by Crippen LogP contribution is 2.39. The van der Waals surface area contributed by atoms with Gasteiger partial charge in [0, 0.05) is 34.0 Å². The number of aromatic nitrogens is 1. The van der Waals surface area contributed by atoms with E-state index in [-0.39, 0.29) is 11.3 Å². The van der Waals surface area contributed by atoms with Gasteiger partial charge in [-0.2, -0.15) is 0 Å². The van der Waals surface area contributed by atoms with Gasteiger partial charge in [0.25, 0.3) is 0 Å². The van der Waals surface area contributed by atoms with Crippen LogP contribution in [0.3, 0.4) is 0 Å². The first-order chi connectivity index (χ1) is 10.7. The molecule has 0 unspecified atom stereocenters. The van der Waals surface area contributed by atoms with Gasteiger partial charge in [0.05, 0.1) is 4.75 Å². The summed E-state index contributed by atoms with van der Waals surface area (Å²) in [5.74, 6) is -1.22. The molecule has 0 radical (unpaired) electrons. The SMILES string of the molecule is CC(=O)C(C)(C)Sc1ccncc1-c1ccc(C(N)=O)cc1F. The maximum atomic E-state index is 14.4. The van der Waals surface area contributed by atoms with Gasteiger partial charge in [-0.1, -0.05) is 6.07 Å². The third kappa shape index (κ3) is 3.76. The van der Waals surface area contributed by atoms with E-state index in [1.54, 1.807) is 18.5 Å². The number of primary amides is 1. The van der Waals surface area contributed by atoms with Crippen LogP contribution in [0.4, 0.5) is 4.39 Å². The Morgan fingerprint density at radius 2 is 1.91 bits per heavy atom. The number of halogens is 1. The van der Waals surface area contributed by atoms with Gasteiger partial charge in [-0.15, -0.1) is 11.8 Å². The summed E-state index contributed by atoms with van der Waals surface area (Å²) >= 11 is 1.35. The molecule has 4 nitrogen and oxygen atoms in total. The molecule has 1 aromatic heterocycles. The zero-order valence-electron chi connectivity index (χ0n) is 13.1. The Kier molecular flexibility index (Phi) is 4.85. The zero-order valence-corrected chi connectivity index (χ0v) is 13.9. The van der Waals surface area contributed by atoms with Gasteiger partial charge in [-0.25, -0.2) is 4.39 Å². The van der Waals surface area contributed by atoms with Gasteiger partial charge in [0.15, 0.2) is 0 Å². The molecule has 1 amide bonds. The Hall–Kier alpha value is -2.21. The number of thioether (sulfide) groups is 1. The molecule has 0 bridgehead atoms. The molecule has 0 saturated carbocycles. The molecule has 0 fully saturated rings. The first kappa shape index (κ1) is 17.1. The fourth-order valence-electron chi connectivity index (χ4n) is 1.91. The second-order valence-corrected chi connectivity index (χ2v) is 7.26. The summed E-state index contributed by atoms with van der Waals surface area (Å²) in [7, 11) is 0. The molecule has 23 heavy (non-hydrogen) atoms. The lowest BCUT2D eigenvalue weighted by atomic mass is 10.0. The van der Waals surface area contributed by atoms with Crippen LogP contribution in [0.1, 0.15) is 31.1 Å². The van der Waals surface area contributed by atoms with E-state index < -0.39 is 16.5 Å². The highest BCUT2D eigenvalue weighted by molar-refractivity contribution is 8.01. The van der Waals surface area contributed by atoms with E-state index in [0.717, 1.165) is 11.0 Å². The maximum absolute atomic E-state index is 14.4. The smallest absolute Gasteiger partial charge is 0.248 e. The molecule has 1 aromatic carbocycles. The van der Waals surface area contributed by atoms with Crippen molar-refractivity contribution in [3.8, 4) is 11.1 Å². The van der Waals surface area contributed by atoms with Crippen LogP contribution in [0.15, 0.2) is 41.6 Å². The Morgan fingerprint density at radius 1 is 1.22 bits per heavy atom. The topological polar surface area (TPSA) is 73.1 Å². The van der Waals surface area contributed by atoms with E-state index in [4.69, 9.17) is 5.73 Å². The summed E-state index contributed by atoms with van der Waals surface area (Å²) in [6.07, 6.45) is 3.14. The number of rotatable bonds is 5. The van der Waals surface area contributed by atoms with Gasteiger partial charge in [-0.05, 0) is 39.0 Å². The van der Waals surface area contributed by atoms with Crippen molar-refractivity contribution in [3.63, 3.8) is 0 Å². The number of amides is 1. The summed E-state index contributed by atoms with van der Waals surface area (Å²) < 4.78 is 13.7. The van der Waals surface area contributed by atoms with Crippen LogP contribution in [0.25, 0.3) is 11.1 Å². The molecular weight excluding hydrogens is 315 g/mol. The minimum absolute atomic E-state index is 0.0230. The van der Waals surface area contributed by atoms with Gasteiger partial charge < -0.3 is 5.73 Å². The molecule has 2 N–H and O–H groups in total. The summed E-state index contributed by atoms with van der Waals surface area (Å²) in [5, 5.41) is 0. The van der Waals surface area contributed by atoms with Crippen molar-refractivity contribution in [2.75, 3.05) is 0 Å². The number of nitrogens with zero attached hydrogens (tertiary/aromatic N) is 1. The Labute approximate surface area is 138 Å². The number of benzene rings is 1. The van der Waals surface area contributed by atoms with E-state index in [0.29, 0.717) is 11.1 Å². The number of Topliss-reactive ketones (excluding diaryl/α,β-unsaturated/α-hetero) is 1. The predicted molar refractivity (Wildman–Crippen MR) is 88.8 cm³/mol. The monoisotopic (exact) mass is 332 g/mol. The van der Waals surface area contributed by atoms with E-state index >= 15 is 0 Å². The molecule has 2 rings (SSSR count). The van der Waals surface area contributed by atoms with E-state index in [9.17, 15) is 14.0 Å². The van der Waals surface area contributed by atoms with Crippen molar-refractivity contribution in [2.24, 2.45) is 5.73 Å². The molecule has 0 spiro atoms. The van der Waals surface area contributed by atoms with Crippen LogP contribution in [-0.4, -0.2) is 21.4 Å². The largest absolute Gasteiger partial charge is 0.366 e. The van der Waals surface area contributed by atoms with Crippen molar-refractivity contribution in [1.29, 1.82) is 0 Å². The average molecular weight is 332 g/mol. The third-order valence-electron chi connectivity index (χ3n) is 3.54. The Morgan fingerprint density at radius 3 is 2.48 bits per heavy atom. The highest BCUT2D eigenvalue weighted by atomic mass is 32.2. The molecule has 0 atom stereocenters. The highest BCUT2D eigenvalue weighted by Gasteiger charge is 2.26. The number of nitrogens with two attached hydrogens (primary N) is 1. The van der Waals surface area contributed by atoms with Crippen LogP contribution in [0, 0.1) is 5.82 Å². The van der Waals surface area contributed by atoms with Crippen molar-refractivity contribution < 1.29 is 14.0 Å². The number of ketones is 1. The lowest BCUT2D eigenvalue weighted by Crippen LogP contribution is -2.24. The Bertz CT molecular complexity index is 775. The fraction of sp³-hybridized carbons (Fsp3) is 0.235. The van der Waals surface area contributed by atoms with Crippen molar-refractivity contribution >= 4 is 23.5 Å². The number of carbonyl (C=O) groups is 2. The molecule has 0 saturated heterocycles. The Balaban J connectivity index is 2.49. The molecule has 0 aliphatic rings. The lowest BCUT2D eigenvalue weighted by Gasteiger charge is -2.22. The van der Waals surface area contributed by atoms with E-state index in [1.165, 1.54) is 30.8 Å². The van der Waals surface area contributed by atoms with Crippen LogP contribution in [0.5, 0.6) is 0 Å². The number of carbonyl (C=O) groups excluding carboxylic acids is 2. The van der Waals surface area contributed by atoms with Crippen LogP contribution >= 0.6 is 11.8 Å². The number of hydrogen-bond acceptors (Lipinski definition) is 4. The van der Waals surface area contributed by atoms with Gasteiger partial charge >= 0.3 is 0 Å². The predicted octanol–water partition coefficient (Wildman–Crippen LogP) is 3.45. The van der Waals surface area contributed by atoms with Gasteiger partial charge in [0.1, 0.15) is 11.6 Å². The second-order valence-electron chi connectivity index (χ2n) is 5.60. The molecule has 0 aliphatic heterocycles. The summed E-state index contributed by atoms with van der Waals surface area (Å²) in [6.45, 7) is 5.16. The second kappa shape index (κ2) is 6.50. The molecule has 1 heterocycles. The van der Waals surface area contributed by atoms with Crippen molar-refractivity contribution in [1.82, 2.24) is 4.98 Å². The summed E-state index contributed by atoms with van der Waals surface area (Å²) in [5.41, 5.74) is 6.14. The molecule has 0 aliphatic carbocycles. The first-order valence-electron chi connectivity index (χ1n) is 6.96. The zero-order chi connectivity index (χ0) is 17.2. The van der Waals surface area contributed by atoms with Crippen molar-refractivity contribution in [2.45, 2.75) is 30.4 Å². The quantitative estimate of drug-likeness (QED) is 0.851. The number of pyridine rings is 1. The van der Waals surface area contributed by atoms with E-state index in [2.05, 4.69) is 4.98 Å². The van der Waals surface area contributed by atoms with E-state index in [1.807, 2.05) is 13.8 Å². The van der Waals surface area contributed by atoms with Gasteiger partial charge in [0.2, 0.25) is 5.91 Å². The minimum atomic E-state index is -0.686. The third-order valence-corrected chi connectivity index (χ3v) is 4.91. The van der Waals surface area contributed by atoms with Crippen LogP contribution < -0.4 is 5.73 Å². The molecular formula is C17H17FN2O2S. The fourth-order valence-corrected chi connectivity index (χ4v) is 3.00. The minimum Gasteiger partial charge on any atom is -0.366 e. The summed E-state index contributed by atoms with van der Waals surface area (Å²) in [6, 6.07) is 5.82. The standard InChI is InChI=1S/C17H17FN2O2S/c1-10(21)17(2,3)23-15-6-7-20-9-13(15)12-5-4-11(16(19)22)8-14(12)18/h4-9H,1-3H3,(H2,19,22). The van der Waals surface area contributed by atoms with Crippen molar-refractivity contribution in [3.05, 3.63) is 48.0 Å². The summed E-state index contributed by atoms with van der Waals surface area (Å²) in [4.78, 5) is 27.7.